The van der Waals surface area contributed by atoms with Crippen molar-refractivity contribution in [2.24, 2.45) is 0 Å². The number of methoxy groups -OCH3 is 2. The highest BCUT2D eigenvalue weighted by Crippen LogP contribution is 2.34. The molecule has 0 aliphatic carbocycles. The second-order valence-corrected chi connectivity index (χ2v) is 14.2. The Balaban J connectivity index is 0.991. The van der Waals surface area contributed by atoms with Gasteiger partial charge in [-0.25, -0.2) is 19.6 Å². The molecule has 290 valence electrons. The van der Waals surface area contributed by atoms with Crippen molar-refractivity contribution in [1.29, 1.82) is 0 Å². The van der Waals surface area contributed by atoms with Gasteiger partial charge in [-0.15, -0.1) is 0 Å². The molecule has 4 amide bonds. The fraction of sp³-hybridized carbons (Fsp3) is 0.333. The molecule has 3 heterocycles. The zero-order chi connectivity index (χ0) is 39.3. The number of nitrogens with one attached hydrogen (secondary N) is 5. The zero-order valence-corrected chi connectivity index (χ0v) is 31.9. The fourth-order valence-corrected chi connectivity index (χ4v) is 7.28. The third-order valence-electron chi connectivity index (χ3n) is 10.3. The minimum Gasteiger partial charge on any atom is -0.453 e. The molecule has 1 saturated heterocycles. The van der Waals surface area contributed by atoms with Crippen molar-refractivity contribution in [2.45, 2.75) is 64.1 Å². The van der Waals surface area contributed by atoms with E-state index in [1.807, 2.05) is 12.1 Å². The third kappa shape index (κ3) is 8.28. The van der Waals surface area contributed by atoms with Crippen molar-refractivity contribution < 1.29 is 28.7 Å². The Morgan fingerprint density at radius 1 is 0.750 bits per heavy atom. The van der Waals surface area contributed by atoms with Crippen LogP contribution in [0.5, 0.6) is 0 Å². The first-order valence-corrected chi connectivity index (χ1v) is 18.9. The van der Waals surface area contributed by atoms with E-state index in [1.54, 1.807) is 18.7 Å². The summed E-state index contributed by atoms with van der Waals surface area (Å²) < 4.78 is 9.20. The zero-order valence-electron chi connectivity index (χ0n) is 31.9. The van der Waals surface area contributed by atoms with Crippen LogP contribution in [0.15, 0.2) is 72.8 Å². The fourth-order valence-electron chi connectivity index (χ4n) is 7.28. The average molecular weight is 759 g/mol. The third-order valence-corrected chi connectivity index (χ3v) is 10.3. The van der Waals surface area contributed by atoms with Crippen LogP contribution in [0.2, 0.25) is 0 Å². The largest absolute Gasteiger partial charge is 0.453 e. The maximum Gasteiger partial charge on any atom is 0.407 e. The lowest BCUT2D eigenvalue weighted by Gasteiger charge is -2.26. The summed E-state index contributed by atoms with van der Waals surface area (Å²) in [5.74, 6) is 1.22. The Hall–Kier alpha value is -6.44. The summed E-state index contributed by atoms with van der Waals surface area (Å²) >= 11 is 0. The Bertz CT molecular complexity index is 2420. The van der Waals surface area contributed by atoms with Gasteiger partial charge < -0.3 is 40.3 Å². The number of benzene rings is 4. The first kappa shape index (κ1) is 37.9. The van der Waals surface area contributed by atoms with E-state index in [9.17, 15) is 19.2 Å². The molecule has 4 aromatic carbocycles. The number of hydrogen-bond donors (Lipinski definition) is 5. The van der Waals surface area contributed by atoms with Crippen LogP contribution in [0.25, 0.3) is 55.1 Å². The number of fused-ring (bicyclic) bond motifs is 3. The van der Waals surface area contributed by atoms with Crippen molar-refractivity contribution in [3.63, 3.8) is 0 Å². The summed E-state index contributed by atoms with van der Waals surface area (Å²) in [6, 6.07) is 23.8. The summed E-state index contributed by atoms with van der Waals surface area (Å²) in [5.41, 5.74) is 7.95. The number of imidazole rings is 2. The molecule has 3 atom stereocenters. The molecule has 6 aromatic rings. The first-order chi connectivity index (χ1) is 27.1. The van der Waals surface area contributed by atoms with Crippen LogP contribution < -0.4 is 16.0 Å². The Labute approximate surface area is 323 Å². The van der Waals surface area contributed by atoms with Gasteiger partial charge in [-0.3, -0.25) is 9.59 Å². The lowest BCUT2D eigenvalue weighted by Crippen LogP contribution is -2.46. The highest BCUT2D eigenvalue weighted by Gasteiger charge is 2.35. The smallest absolute Gasteiger partial charge is 0.407 e. The minimum atomic E-state index is -0.705. The molecular formula is C42H46N8O6. The number of rotatable bonds is 12. The van der Waals surface area contributed by atoms with Gasteiger partial charge in [0.2, 0.25) is 11.8 Å². The van der Waals surface area contributed by atoms with Crippen molar-refractivity contribution >= 4 is 56.8 Å². The van der Waals surface area contributed by atoms with Gasteiger partial charge in [-0.2, -0.15) is 0 Å². The predicted molar refractivity (Wildman–Crippen MR) is 214 cm³/mol. The molecule has 2 aromatic heterocycles. The minimum absolute atomic E-state index is 0.165. The first-order valence-electron chi connectivity index (χ1n) is 18.9. The summed E-state index contributed by atoms with van der Waals surface area (Å²) in [6.45, 7) is 4.38. The van der Waals surface area contributed by atoms with E-state index >= 15 is 0 Å². The number of hydrogen-bond acceptors (Lipinski definition) is 8. The number of likely N-dealkylation sites (tertiary alicyclic amines) is 1. The van der Waals surface area contributed by atoms with Crippen molar-refractivity contribution in [3.05, 3.63) is 84.4 Å². The van der Waals surface area contributed by atoms with E-state index in [0.717, 1.165) is 98.8 Å². The van der Waals surface area contributed by atoms with Crippen LogP contribution in [-0.4, -0.2) is 88.2 Å². The molecule has 7 rings (SSSR count). The van der Waals surface area contributed by atoms with Crippen LogP contribution >= 0.6 is 0 Å². The number of carbonyl (C=O) groups is 4. The quantitative estimate of drug-likeness (QED) is 0.0875. The van der Waals surface area contributed by atoms with Gasteiger partial charge >= 0.3 is 12.2 Å². The molecule has 0 spiro atoms. The number of amides is 4. The van der Waals surface area contributed by atoms with E-state index in [0.29, 0.717) is 13.1 Å². The van der Waals surface area contributed by atoms with Gasteiger partial charge in [-0.05, 0) is 109 Å². The molecule has 0 saturated carbocycles. The summed E-state index contributed by atoms with van der Waals surface area (Å²) in [7, 11) is 2.54. The lowest BCUT2D eigenvalue weighted by atomic mass is 9.97. The van der Waals surface area contributed by atoms with E-state index < -0.39 is 24.3 Å². The number of carbonyl (C=O) groups excluding carboxylic acids is 4. The number of H-pyrrole nitrogens is 2. The molecule has 14 heteroatoms. The van der Waals surface area contributed by atoms with Gasteiger partial charge in [0.15, 0.2) is 0 Å². The Kier molecular flexibility index (Phi) is 11.2. The number of alkyl carbamates (subject to hydrolysis) is 2. The molecule has 0 bridgehead atoms. The van der Waals surface area contributed by atoms with Gasteiger partial charge in [0, 0.05) is 19.5 Å². The molecular weight excluding hydrogens is 713 g/mol. The van der Waals surface area contributed by atoms with Gasteiger partial charge in [0.05, 0.1) is 42.3 Å². The molecule has 56 heavy (non-hydrogen) atoms. The monoisotopic (exact) mass is 758 g/mol. The van der Waals surface area contributed by atoms with Crippen LogP contribution in [0, 0.1) is 0 Å². The van der Waals surface area contributed by atoms with Crippen molar-refractivity contribution in [1.82, 2.24) is 40.8 Å². The molecule has 1 aliphatic heterocycles. The number of nitrogens with zero attached hydrogens (tertiary/aromatic N) is 3. The number of unbranched alkanes of at least 4 members (excludes halogenated alkanes) is 1. The molecule has 1 fully saturated rings. The lowest BCUT2D eigenvalue weighted by molar-refractivity contribution is -0.134. The number of aryl methyl sites for hydroxylation is 1. The van der Waals surface area contributed by atoms with Crippen LogP contribution in [0.4, 0.5) is 9.59 Å². The Morgan fingerprint density at radius 3 is 1.96 bits per heavy atom. The molecule has 1 aliphatic rings. The van der Waals surface area contributed by atoms with Gasteiger partial charge in [0.25, 0.3) is 0 Å². The number of aromatic nitrogens is 4. The summed E-state index contributed by atoms with van der Waals surface area (Å²) in [6.07, 6.45) is 2.74. The highest BCUT2D eigenvalue weighted by molar-refractivity contribution is 5.93. The highest BCUT2D eigenvalue weighted by atomic mass is 16.5. The van der Waals surface area contributed by atoms with Gasteiger partial charge in [0.1, 0.15) is 23.7 Å². The van der Waals surface area contributed by atoms with E-state index in [-0.39, 0.29) is 17.9 Å². The second-order valence-electron chi connectivity index (χ2n) is 14.2. The van der Waals surface area contributed by atoms with E-state index in [2.05, 4.69) is 96.1 Å². The standard InChI is InChI=1S/C42H46N8O6/c1-24(44-41(53)55-3)39(51)43-18-6-5-9-37-46-32-16-14-30(22-34(32)47-37)28-12-10-27-21-29(13-11-26(27)20-28)31-15-17-33-35(23-31)49-38(48-33)36-8-7-19-50(36)40(52)25(2)45-42(54)56-4/h10-17,20-25,36H,5-9,18-19H2,1-4H3,(H,43,51)(H,44,53)(H,45,54)(H,46,47)(H,48,49). The normalized spacial score (nSPS) is 15.1. The van der Waals surface area contributed by atoms with Crippen LogP contribution in [0.3, 0.4) is 0 Å². The van der Waals surface area contributed by atoms with Gasteiger partial charge in [-0.1, -0.05) is 36.4 Å². The Morgan fingerprint density at radius 2 is 1.32 bits per heavy atom. The summed E-state index contributed by atoms with van der Waals surface area (Å²) in [5, 5.41) is 10.1. The maximum atomic E-state index is 13.2. The molecule has 0 radical (unpaired) electrons. The molecule has 3 unspecified atom stereocenters. The second kappa shape index (κ2) is 16.5. The topological polar surface area (TPSA) is 183 Å². The number of aromatic amines is 2. The van der Waals surface area contributed by atoms with Crippen LogP contribution in [0.1, 0.15) is 57.2 Å². The summed E-state index contributed by atoms with van der Waals surface area (Å²) in [4.78, 5) is 66.7. The predicted octanol–water partition coefficient (Wildman–Crippen LogP) is 6.52. The molecule has 5 N–H and O–H groups in total. The van der Waals surface area contributed by atoms with E-state index in [4.69, 9.17) is 9.97 Å². The van der Waals surface area contributed by atoms with Crippen molar-refractivity contribution in [2.75, 3.05) is 27.3 Å². The SMILES string of the molecule is COC(=O)NC(C)C(=O)NCCCCc1nc2ccc(-c3ccc4cc(-c5ccc6nc(C7CCCN7C(=O)C(C)NC(=O)OC)[nH]c6c5)ccc4c3)cc2[nH]1. The molecule has 14 nitrogen and oxygen atoms in total. The maximum absolute atomic E-state index is 13.2. The van der Waals surface area contributed by atoms with Crippen molar-refractivity contribution in [3.8, 4) is 22.3 Å². The average Bonchev–Trinajstić information content (AvgIpc) is 3.97. The van der Waals surface area contributed by atoms with E-state index in [1.165, 1.54) is 14.2 Å². The van der Waals surface area contributed by atoms with Crippen LogP contribution in [-0.2, 0) is 25.5 Å². The number of ether oxygens (including phenoxy) is 2.